The molecule has 0 bridgehead atoms. The molecule has 0 spiro atoms. The van der Waals surface area contributed by atoms with Gasteiger partial charge in [-0.05, 0) is 24.6 Å². The Morgan fingerprint density at radius 3 is 2.45 bits per heavy atom. The van der Waals surface area contributed by atoms with Gasteiger partial charge in [-0.2, -0.15) is 0 Å². The van der Waals surface area contributed by atoms with E-state index in [9.17, 15) is 19.1 Å². The summed E-state index contributed by atoms with van der Waals surface area (Å²) in [6.07, 6.45) is 0.570. The third-order valence-corrected chi connectivity index (χ3v) is 3.09. The molecule has 1 aromatic carbocycles. The van der Waals surface area contributed by atoms with Crippen molar-refractivity contribution in [3.63, 3.8) is 0 Å². The van der Waals surface area contributed by atoms with Gasteiger partial charge in [0.15, 0.2) is 5.54 Å². The summed E-state index contributed by atoms with van der Waals surface area (Å²) in [5.41, 5.74) is -1.39. The van der Waals surface area contributed by atoms with Crippen LogP contribution >= 0.6 is 0 Å². The molecule has 0 aliphatic carbocycles. The number of carboxylic acids is 1. The normalized spacial score (nSPS) is 13.2. The van der Waals surface area contributed by atoms with Crippen molar-refractivity contribution in [2.24, 2.45) is 0 Å². The van der Waals surface area contributed by atoms with Gasteiger partial charge in [0.25, 0.3) is 0 Å². The van der Waals surface area contributed by atoms with E-state index in [1.54, 1.807) is 0 Å². The van der Waals surface area contributed by atoms with Gasteiger partial charge in [0.1, 0.15) is 12.4 Å². The zero-order chi connectivity index (χ0) is 15.3. The van der Waals surface area contributed by atoms with Crippen LogP contribution in [0.15, 0.2) is 36.9 Å². The first-order valence-electron chi connectivity index (χ1n) is 5.85. The van der Waals surface area contributed by atoms with Crippen molar-refractivity contribution in [1.82, 2.24) is 4.90 Å². The lowest BCUT2D eigenvalue weighted by atomic mass is 9.91. The van der Waals surface area contributed by atoms with Crippen LogP contribution in [0.2, 0.25) is 0 Å². The number of carbonyl (C=O) groups excluding carboxylic acids is 1. The highest BCUT2D eigenvalue weighted by molar-refractivity contribution is 5.85. The molecule has 0 aliphatic rings. The van der Waals surface area contributed by atoms with Gasteiger partial charge in [0, 0.05) is 7.05 Å². The van der Waals surface area contributed by atoms with Gasteiger partial charge in [0.05, 0.1) is 0 Å². The third-order valence-electron chi connectivity index (χ3n) is 3.09. The Labute approximate surface area is 116 Å². The van der Waals surface area contributed by atoms with E-state index in [4.69, 9.17) is 4.74 Å². The molecule has 5 nitrogen and oxygen atoms in total. The Kier molecular flexibility index (Phi) is 4.85. The summed E-state index contributed by atoms with van der Waals surface area (Å²) in [6, 6.07) is 4.92. The summed E-state index contributed by atoms with van der Waals surface area (Å²) in [7, 11) is 1.31. The monoisotopic (exact) mass is 281 g/mol. The Hall–Kier alpha value is -2.37. The first kappa shape index (κ1) is 15.7. The standard InChI is InChI=1S/C14H16FNO4/c1-4-9-20-13(19)16(3)14(2,12(17)18)10-5-7-11(15)8-6-10/h4-8H,1,9H2,2-3H3,(H,17,18). The van der Waals surface area contributed by atoms with E-state index in [0.29, 0.717) is 0 Å². The SMILES string of the molecule is C=CCOC(=O)N(C)C(C)(C(=O)O)c1ccc(F)cc1. The van der Waals surface area contributed by atoms with E-state index >= 15 is 0 Å². The van der Waals surface area contributed by atoms with Gasteiger partial charge in [0.2, 0.25) is 0 Å². The van der Waals surface area contributed by atoms with Crippen molar-refractivity contribution in [1.29, 1.82) is 0 Å². The summed E-state index contributed by atoms with van der Waals surface area (Å²) in [5.74, 6) is -1.74. The van der Waals surface area contributed by atoms with Gasteiger partial charge < -0.3 is 9.84 Å². The predicted molar refractivity (Wildman–Crippen MR) is 70.7 cm³/mol. The maximum atomic E-state index is 12.9. The highest BCUT2D eigenvalue weighted by atomic mass is 19.1. The number of carboxylic acid groups (broad SMARTS) is 1. The average Bonchev–Trinajstić information content (AvgIpc) is 2.43. The molecule has 6 heteroatoms. The molecule has 0 saturated heterocycles. The van der Waals surface area contributed by atoms with Gasteiger partial charge in [-0.25, -0.2) is 14.0 Å². The number of likely N-dealkylation sites (N-methyl/N-ethyl adjacent to an activating group) is 1. The van der Waals surface area contributed by atoms with Crippen LogP contribution in [-0.2, 0) is 15.1 Å². The molecular weight excluding hydrogens is 265 g/mol. The summed E-state index contributed by atoms with van der Waals surface area (Å²) >= 11 is 0. The summed E-state index contributed by atoms with van der Waals surface area (Å²) in [5, 5.41) is 9.44. The number of halogens is 1. The minimum atomic E-state index is -1.66. The molecule has 1 rings (SSSR count). The summed E-state index contributed by atoms with van der Waals surface area (Å²) < 4.78 is 17.8. The number of aliphatic carboxylic acids is 1. The lowest BCUT2D eigenvalue weighted by molar-refractivity contribution is -0.149. The van der Waals surface area contributed by atoms with Crippen LogP contribution in [0, 0.1) is 5.82 Å². The molecule has 0 fully saturated rings. The fraction of sp³-hybridized carbons (Fsp3) is 0.286. The van der Waals surface area contributed by atoms with E-state index in [1.165, 1.54) is 32.2 Å². The number of nitrogens with zero attached hydrogens (tertiary/aromatic N) is 1. The molecule has 20 heavy (non-hydrogen) atoms. The molecule has 0 aromatic heterocycles. The third kappa shape index (κ3) is 2.96. The van der Waals surface area contributed by atoms with Crippen LogP contribution in [-0.4, -0.2) is 35.7 Å². The van der Waals surface area contributed by atoms with E-state index in [0.717, 1.165) is 17.0 Å². The Balaban J connectivity index is 3.14. The molecule has 0 radical (unpaired) electrons. The summed E-state index contributed by atoms with van der Waals surface area (Å²) in [4.78, 5) is 24.3. The zero-order valence-electron chi connectivity index (χ0n) is 11.3. The van der Waals surface area contributed by atoms with Gasteiger partial charge in [-0.3, -0.25) is 4.90 Å². The van der Waals surface area contributed by atoms with Crippen molar-refractivity contribution in [2.75, 3.05) is 13.7 Å². The highest BCUT2D eigenvalue weighted by Gasteiger charge is 2.42. The van der Waals surface area contributed by atoms with Crippen molar-refractivity contribution in [3.05, 3.63) is 48.3 Å². The fourth-order valence-corrected chi connectivity index (χ4v) is 1.64. The first-order chi connectivity index (χ1) is 9.33. The minimum Gasteiger partial charge on any atom is -0.479 e. The number of hydrogen-bond acceptors (Lipinski definition) is 3. The quantitative estimate of drug-likeness (QED) is 0.841. The second-order valence-electron chi connectivity index (χ2n) is 4.31. The highest BCUT2D eigenvalue weighted by Crippen LogP contribution is 2.28. The molecule has 108 valence electrons. The largest absolute Gasteiger partial charge is 0.479 e. The molecule has 1 aromatic rings. The number of hydrogen-bond donors (Lipinski definition) is 1. The number of ether oxygens (including phenoxy) is 1. The molecule has 0 aliphatic heterocycles. The molecule has 1 atom stereocenters. The first-order valence-corrected chi connectivity index (χ1v) is 5.85. The average molecular weight is 281 g/mol. The second kappa shape index (κ2) is 6.18. The fourth-order valence-electron chi connectivity index (χ4n) is 1.64. The lowest BCUT2D eigenvalue weighted by Crippen LogP contribution is -2.50. The number of amides is 1. The van der Waals surface area contributed by atoms with Crippen LogP contribution in [0.1, 0.15) is 12.5 Å². The van der Waals surface area contributed by atoms with E-state index in [1.807, 2.05) is 0 Å². The summed E-state index contributed by atoms with van der Waals surface area (Å²) in [6.45, 7) is 4.72. The number of carbonyl (C=O) groups is 2. The molecule has 1 unspecified atom stereocenters. The van der Waals surface area contributed by atoms with Crippen LogP contribution in [0.25, 0.3) is 0 Å². The topological polar surface area (TPSA) is 66.8 Å². The Morgan fingerprint density at radius 2 is 2.00 bits per heavy atom. The van der Waals surface area contributed by atoms with Crippen molar-refractivity contribution in [2.45, 2.75) is 12.5 Å². The maximum absolute atomic E-state index is 12.9. The minimum absolute atomic E-state index is 0.0255. The molecule has 0 heterocycles. The van der Waals surface area contributed by atoms with E-state index in [-0.39, 0.29) is 12.2 Å². The zero-order valence-corrected chi connectivity index (χ0v) is 11.3. The maximum Gasteiger partial charge on any atom is 0.411 e. The van der Waals surface area contributed by atoms with Gasteiger partial charge in [-0.1, -0.05) is 24.8 Å². The Morgan fingerprint density at radius 1 is 1.45 bits per heavy atom. The van der Waals surface area contributed by atoms with Crippen LogP contribution in [0.4, 0.5) is 9.18 Å². The smallest absolute Gasteiger partial charge is 0.411 e. The van der Waals surface area contributed by atoms with Crippen LogP contribution < -0.4 is 0 Å². The number of rotatable bonds is 5. The Bertz CT molecular complexity index is 514. The van der Waals surface area contributed by atoms with Gasteiger partial charge in [-0.15, -0.1) is 0 Å². The molecule has 1 N–H and O–H groups in total. The second-order valence-corrected chi connectivity index (χ2v) is 4.31. The molecule has 0 saturated carbocycles. The van der Waals surface area contributed by atoms with Gasteiger partial charge >= 0.3 is 12.1 Å². The molecular formula is C14H16FNO4. The van der Waals surface area contributed by atoms with Crippen LogP contribution in [0.5, 0.6) is 0 Å². The predicted octanol–water partition coefficient (Wildman–Crippen LogP) is 2.38. The van der Waals surface area contributed by atoms with Crippen molar-refractivity contribution >= 4 is 12.1 Å². The van der Waals surface area contributed by atoms with Crippen molar-refractivity contribution in [3.8, 4) is 0 Å². The molecule has 1 amide bonds. The van der Waals surface area contributed by atoms with E-state index < -0.39 is 23.4 Å². The van der Waals surface area contributed by atoms with Crippen molar-refractivity contribution < 1.29 is 23.8 Å². The van der Waals surface area contributed by atoms with Crippen LogP contribution in [0.3, 0.4) is 0 Å². The lowest BCUT2D eigenvalue weighted by Gasteiger charge is -2.34. The van der Waals surface area contributed by atoms with E-state index in [2.05, 4.69) is 6.58 Å². The number of benzene rings is 1.